The van der Waals surface area contributed by atoms with Crippen LogP contribution in [0.15, 0.2) is 59.8 Å². The Morgan fingerprint density at radius 2 is 1.76 bits per heavy atom. The highest BCUT2D eigenvalue weighted by atomic mass is 32.2. The van der Waals surface area contributed by atoms with Crippen LogP contribution in [0, 0.1) is 5.41 Å². The van der Waals surface area contributed by atoms with Gasteiger partial charge in [0.05, 0.1) is 12.8 Å². The van der Waals surface area contributed by atoms with Crippen molar-refractivity contribution in [3.63, 3.8) is 0 Å². The summed E-state index contributed by atoms with van der Waals surface area (Å²) in [6.07, 6.45) is 3.75. The molecule has 1 spiro atoms. The maximum Gasteiger partial charge on any atom is 0.191 e. The quantitative estimate of drug-likeness (QED) is 0.360. The Morgan fingerprint density at radius 3 is 2.61 bits per heavy atom. The van der Waals surface area contributed by atoms with Crippen molar-refractivity contribution in [3.05, 3.63) is 54.6 Å². The molecule has 1 atom stereocenters. The van der Waals surface area contributed by atoms with E-state index in [1.807, 2.05) is 36.0 Å². The topological polar surface area (TPSA) is 46.4 Å². The second-order valence-corrected chi connectivity index (χ2v) is 10.4. The van der Waals surface area contributed by atoms with Crippen molar-refractivity contribution in [1.82, 2.24) is 19.7 Å². The SMILES string of the molecule is COc1ccccc1N1CCC2(CCN(CCCSc3nnc(-c4ccccc4)n3C)C2)C1. The van der Waals surface area contributed by atoms with E-state index in [9.17, 15) is 0 Å². The largest absolute Gasteiger partial charge is 0.495 e. The van der Waals surface area contributed by atoms with Crippen molar-refractivity contribution in [2.45, 2.75) is 24.4 Å². The minimum Gasteiger partial charge on any atom is -0.495 e. The van der Waals surface area contributed by atoms with Crippen LogP contribution in [-0.2, 0) is 7.05 Å². The van der Waals surface area contributed by atoms with Crippen LogP contribution in [0.5, 0.6) is 5.75 Å². The van der Waals surface area contributed by atoms with Gasteiger partial charge in [0, 0.05) is 43.4 Å². The average Bonchev–Trinajstić information content (AvgIpc) is 3.57. The van der Waals surface area contributed by atoms with Gasteiger partial charge in [0.25, 0.3) is 0 Å². The molecule has 0 N–H and O–H groups in total. The highest BCUT2D eigenvalue weighted by Gasteiger charge is 2.43. The second-order valence-electron chi connectivity index (χ2n) is 9.30. The van der Waals surface area contributed by atoms with Crippen LogP contribution in [0.2, 0.25) is 0 Å². The molecule has 0 saturated carbocycles. The van der Waals surface area contributed by atoms with Crippen LogP contribution in [0.4, 0.5) is 5.69 Å². The Labute approximate surface area is 200 Å². The molecule has 0 aliphatic carbocycles. The van der Waals surface area contributed by atoms with Gasteiger partial charge in [-0.15, -0.1) is 10.2 Å². The maximum absolute atomic E-state index is 5.60. The maximum atomic E-state index is 5.60. The van der Waals surface area contributed by atoms with Crippen LogP contribution < -0.4 is 9.64 Å². The molecule has 2 fully saturated rings. The van der Waals surface area contributed by atoms with Crippen molar-refractivity contribution in [2.75, 3.05) is 50.5 Å². The van der Waals surface area contributed by atoms with E-state index in [1.165, 1.54) is 38.0 Å². The summed E-state index contributed by atoms with van der Waals surface area (Å²) in [5.41, 5.74) is 2.79. The summed E-state index contributed by atoms with van der Waals surface area (Å²) in [6, 6.07) is 18.7. The number of hydrogen-bond acceptors (Lipinski definition) is 6. The summed E-state index contributed by atoms with van der Waals surface area (Å²) in [4.78, 5) is 5.19. The Kier molecular flexibility index (Phi) is 6.60. The molecule has 2 aromatic carbocycles. The Morgan fingerprint density at radius 1 is 0.970 bits per heavy atom. The van der Waals surface area contributed by atoms with E-state index in [0.717, 1.165) is 47.7 Å². The van der Waals surface area contributed by atoms with Crippen molar-refractivity contribution < 1.29 is 4.74 Å². The average molecular weight is 464 g/mol. The second kappa shape index (κ2) is 9.77. The van der Waals surface area contributed by atoms with Crippen molar-refractivity contribution >= 4 is 17.4 Å². The normalized spacial score (nSPS) is 20.7. The molecule has 2 aliphatic heterocycles. The van der Waals surface area contributed by atoms with E-state index in [1.54, 1.807) is 7.11 Å². The predicted molar refractivity (Wildman–Crippen MR) is 135 cm³/mol. The first-order chi connectivity index (χ1) is 16.2. The zero-order chi connectivity index (χ0) is 22.7. The minimum absolute atomic E-state index is 0.433. The number of thioether (sulfide) groups is 1. The first-order valence-electron chi connectivity index (χ1n) is 11.9. The number of hydrogen-bond donors (Lipinski definition) is 0. The number of nitrogens with zero attached hydrogens (tertiary/aromatic N) is 5. The molecule has 6 nitrogen and oxygen atoms in total. The number of likely N-dealkylation sites (tertiary alicyclic amines) is 1. The molecule has 174 valence electrons. The number of methoxy groups -OCH3 is 1. The van der Waals surface area contributed by atoms with Gasteiger partial charge in [0.2, 0.25) is 0 Å². The molecular formula is C26H33N5OS. The van der Waals surface area contributed by atoms with Crippen LogP contribution in [0.1, 0.15) is 19.3 Å². The highest BCUT2D eigenvalue weighted by molar-refractivity contribution is 7.99. The molecule has 1 unspecified atom stereocenters. The first-order valence-corrected chi connectivity index (χ1v) is 12.8. The molecule has 0 radical (unpaired) electrons. The molecule has 33 heavy (non-hydrogen) atoms. The molecule has 3 aromatic rings. The van der Waals surface area contributed by atoms with Gasteiger partial charge in [0.1, 0.15) is 5.75 Å². The lowest BCUT2D eigenvalue weighted by Gasteiger charge is -2.26. The molecule has 0 amide bonds. The van der Waals surface area contributed by atoms with Gasteiger partial charge in [-0.05, 0) is 44.5 Å². The van der Waals surface area contributed by atoms with E-state index < -0.39 is 0 Å². The van der Waals surface area contributed by atoms with Gasteiger partial charge in [-0.1, -0.05) is 54.2 Å². The number of anilines is 1. The lowest BCUT2D eigenvalue weighted by molar-refractivity contribution is 0.277. The number of rotatable bonds is 8. The number of benzene rings is 2. The third-order valence-electron chi connectivity index (χ3n) is 7.10. The predicted octanol–water partition coefficient (Wildman–Crippen LogP) is 4.58. The van der Waals surface area contributed by atoms with Gasteiger partial charge >= 0.3 is 0 Å². The van der Waals surface area contributed by atoms with E-state index in [2.05, 4.69) is 61.9 Å². The van der Waals surface area contributed by atoms with E-state index in [-0.39, 0.29) is 0 Å². The fourth-order valence-corrected chi connectivity index (χ4v) is 6.15. The number of para-hydroxylation sites is 2. The number of ether oxygens (including phenoxy) is 1. The summed E-state index contributed by atoms with van der Waals surface area (Å²) < 4.78 is 7.71. The van der Waals surface area contributed by atoms with Gasteiger partial charge in [0.15, 0.2) is 11.0 Å². The molecule has 0 bridgehead atoms. The summed E-state index contributed by atoms with van der Waals surface area (Å²) in [5.74, 6) is 2.98. The third kappa shape index (κ3) is 4.75. The molecule has 2 saturated heterocycles. The smallest absolute Gasteiger partial charge is 0.191 e. The standard InChI is InChI=1S/C26H33N5OS/c1-29-24(21-9-4-3-5-10-21)27-28-25(29)33-18-8-15-30-16-13-26(19-30)14-17-31(20-26)22-11-6-7-12-23(22)32-2/h3-7,9-12H,8,13-20H2,1-2H3. The van der Waals surface area contributed by atoms with Crippen LogP contribution in [0.25, 0.3) is 11.4 Å². The Bertz CT molecular complexity index is 1070. The zero-order valence-electron chi connectivity index (χ0n) is 19.6. The van der Waals surface area contributed by atoms with Gasteiger partial charge in [-0.2, -0.15) is 0 Å². The van der Waals surface area contributed by atoms with Crippen molar-refractivity contribution in [3.8, 4) is 17.1 Å². The summed E-state index contributed by atoms with van der Waals surface area (Å²) in [5, 5.41) is 9.82. The number of aromatic nitrogens is 3. The van der Waals surface area contributed by atoms with Crippen LogP contribution >= 0.6 is 11.8 Å². The van der Waals surface area contributed by atoms with Gasteiger partial charge in [-0.3, -0.25) is 0 Å². The summed E-state index contributed by atoms with van der Waals surface area (Å²) in [7, 11) is 3.83. The van der Waals surface area contributed by atoms with E-state index in [0.29, 0.717) is 5.41 Å². The van der Waals surface area contributed by atoms with Gasteiger partial charge < -0.3 is 19.1 Å². The monoisotopic (exact) mass is 463 g/mol. The molecule has 7 heteroatoms. The van der Waals surface area contributed by atoms with Crippen LogP contribution in [-0.4, -0.2) is 65.3 Å². The first kappa shape index (κ1) is 22.3. The molecular weight excluding hydrogens is 430 g/mol. The highest BCUT2D eigenvalue weighted by Crippen LogP contribution is 2.43. The third-order valence-corrected chi connectivity index (χ3v) is 8.20. The molecule has 5 rings (SSSR count). The van der Waals surface area contributed by atoms with Crippen molar-refractivity contribution in [2.24, 2.45) is 12.5 Å². The molecule has 2 aliphatic rings. The molecule has 1 aromatic heterocycles. The zero-order valence-corrected chi connectivity index (χ0v) is 20.4. The summed E-state index contributed by atoms with van der Waals surface area (Å²) in [6.45, 7) is 5.85. The fraction of sp³-hybridized carbons (Fsp3) is 0.462. The van der Waals surface area contributed by atoms with Gasteiger partial charge in [-0.25, -0.2) is 0 Å². The minimum atomic E-state index is 0.433. The Hall–Kier alpha value is -2.51. The molecule has 3 heterocycles. The fourth-order valence-electron chi connectivity index (χ4n) is 5.31. The summed E-state index contributed by atoms with van der Waals surface area (Å²) >= 11 is 1.81. The van der Waals surface area contributed by atoms with Crippen molar-refractivity contribution in [1.29, 1.82) is 0 Å². The van der Waals surface area contributed by atoms with Crippen LogP contribution in [0.3, 0.4) is 0 Å². The van der Waals surface area contributed by atoms with E-state index in [4.69, 9.17) is 4.74 Å². The van der Waals surface area contributed by atoms with E-state index >= 15 is 0 Å². The lowest BCUT2D eigenvalue weighted by atomic mass is 9.86. The Balaban J connectivity index is 1.10. The lowest BCUT2D eigenvalue weighted by Crippen LogP contribution is -2.31.